The van der Waals surface area contributed by atoms with Crippen molar-refractivity contribution in [2.75, 3.05) is 45.2 Å². The van der Waals surface area contributed by atoms with Crippen molar-refractivity contribution in [3.63, 3.8) is 0 Å². The monoisotopic (exact) mass is 317 g/mol. The van der Waals surface area contributed by atoms with Gasteiger partial charge < -0.3 is 9.80 Å². The van der Waals surface area contributed by atoms with Crippen LogP contribution in [0, 0.1) is 0 Å². The molecule has 2 aliphatic heterocycles. The summed E-state index contributed by atoms with van der Waals surface area (Å²) in [5.41, 5.74) is 1.24. The number of piperidine rings is 1. The summed E-state index contributed by atoms with van der Waals surface area (Å²) in [4.78, 5) is 16.2. The van der Waals surface area contributed by atoms with Gasteiger partial charge >= 0.3 is 0 Å². The van der Waals surface area contributed by atoms with Crippen LogP contribution in [0.5, 0.6) is 0 Å². The van der Waals surface area contributed by atoms with Crippen molar-refractivity contribution in [3.8, 4) is 0 Å². The Morgan fingerprint density at radius 3 is 2.43 bits per heavy atom. The molecule has 0 radical (unpaired) electrons. The second-order valence-electron chi connectivity index (χ2n) is 7.24. The summed E-state index contributed by atoms with van der Waals surface area (Å²) in [6.07, 6.45) is 12.2. The van der Waals surface area contributed by atoms with E-state index < -0.39 is 0 Å². The van der Waals surface area contributed by atoms with Gasteiger partial charge in [-0.05, 0) is 58.3 Å². The third kappa shape index (κ3) is 4.64. The van der Waals surface area contributed by atoms with Gasteiger partial charge in [-0.3, -0.25) is 4.90 Å². The van der Waals surface area contributed by atoms with Gasteiger partial charge in [-0.15, -0.1) is 0 Å². The minimum atomic E-state index is 0.734. The van der Waals surface area contributed by atoms with Crippen LogP contribution in [-0.4, -0.2) is 66.1 Å². The zero-order valence-electron chi connectivity index (χ0n) is 14.7. The Labute approximate surface area is 140 Å². The van der Waals surface area contributed by atoms with E-state index in [0.717, 1.165) is 18.5 Å². The van der Waals surface area contributed by atoms with E-state index in [2.05, 4.69) is 19.8 Å². The first-order chi connectivity index (χ1) is 11.2. The van der Waals surface area contributed by atoms with E-state index in [1.54, 1.807) is 0 Å². The van der Waals surface area contributed by atoms with Crippen molar-refractivity contribution in [2.24, 2.45) is 0 Å². The average molecular weight is 317 g/mol. The molecule has 5 nitrogen and oxygen atoms in total. The second-order valence-corrected chi connectivity index (χ2v) is 7.24. The molecular formula is C18H31N5. The van der Waals surface area contributed by atoms with Gasteiger partial charge in [-0.1, -0.05) is 6.42 Å². The number of hydrogen-bond acceptors (Lipinski definition) is 5. The summed E-state index contributed by atoms with van der Waals surface area (Å²) in [6.45, 7) is 6.12. The molecule has 0 bridgehead atoms. The Morgan fingerprint density at radius 1 is 1.04 bits per heavy atom. The van der Waals surface area contributed by atoms with Crippen LogP contribution in [0.4, 0.5) is 5.95 Å². The molecule has 3 heterocycles. The van der Waals surface area contributed by atoms with E-state index in [1.165, 1.54) is 70.3 Å². The molecular weight excluding hydrogens is 286 g/mol. The highest BCUT2D eigenvalue weighted by molar-refractivity contribution is 5.26. The van der Waals surface area contributed by atoms with Gasteiger partial charge in [-0.25, -0.2) is 9.97 Å². The van der Waals surface area contributed by atoms with Crippen molar-refractivity contribution in [3.05, 3.63) is 18.0 Å². The summed E-state index contributed by atoms with van der Waals surface area (Å²) in [5, 5.41) is 0. The molecule has 0 aliphatic carbocycles. The fraction of sp³-hybridized carbons (Fsp3) is 0.778. The molecule has 0 aromatic carbocycles. The standard InChI is InChI=1S/C18H31N5/c1-21(2)18-19-13-16(14-20-18)15-23-11-4-3-7-17(23)8-12-22-9-5-6-10-22/h13-14,17H,3-12,15H2,1-2H3/t17-/m1/s1. The van der Waals surface area contributed by atoms with Crippen molar-refractivity contribution in [1.82, 2.24) is 19.8 Å². The number of anilines is 1. The van der Waals surface area contributed by atoms with Crippen molar-refractivity contribution >= 4 is 5.95 Å². The molecule has 0 spiro atoms. The first-order valence-corrected chi connectivity index (χ1v) is 9.17. The van der Waals surface area contributed by atoms with Gasteiger partial charge in [0.05, 0.1) is 0 Å². The minimum absolute atomic E-state index is 0.734. The molecule has 3 rings (SSSR count). The molecule has 2 saturated heterocycles. The van der Waals surface area contributed by atoms with E-state index in [0.29, 0.717) is 0 Å². The maximum Gasteiger partial charge on any atom is 0.224 e. The second kappa shape index (κ2) is 8.06. The van der Waals surface area contributed by atoms with Gasteiger partial charge in [-0.2, -0.15) is 0 Å². The van der Waals surface area contributed by atoms with Crippen molar-refractivity contribution in [2.45, 2.75) is 51.1 Å². The van der Waals surface area contributed by atoms with Gasteiger partial charge in [0.25, 0.3) is 0 Å². The molecule has 2 fully saturated rings. The van der Waals surface area contributed by atoms with E-state index >= 15 is 0 Å². The van der Waals surface area contributed by atoms with Gasteiger partial charge in [0.1, 0.15) is 0 Å². The van der Waals surface area contributed by atoms with Gasteiger partial charge in [0, 0.05) is 44.6 Å². The molecule has 2 aliphatic rings. The Bertz CT molecular complexity index is 467. The quantitative estimate of drug-likeness (QED) is 0.805. The number of likely N-dealkylation sites (tertiary alicyclic amines) is 2. The Kier molecular flexibility index (Phi) is 5.84. The van der Waals surface area contributed by atoms with Crippen LogP contribution in [0.3, 0.4) is 0 Å². The maximum absolute atomic E-state index is 4.46. The lowest BCUT2D eigenvalue weighted by Gasteiger charge is -2.36. The lowest BCUT2D eigenvalue weighted by Crippen LogP contribution is -2.41. The predicted molar refractivity (Wildman–Crippen MR) is 94.7 cm³/mol. The van der Waals surface area contributed by atoms with Crippen LogP contribution >= 0.6 is 0 Å². The Balaban J connectivity index is 1.54. The van der Waals surface area contributed by atoms with Crippen LogP contribution in [0.15, 0.2) is 12.4 Å². The van der Waals surface area contributed by atoms with Crippen LogP contribution in [0.1, 0.15) is 44.1 Å². The molecule has 23 heavy (non-hydrogen) atoms. The zero-order valence-corrected chi connectivity index (χ0v) is 14.7. The fourth-order valence-corrected chi connectivity index (χ4v) is 3.83. The summed E-state index contributed by atoms with van der Waals surface area (Å²) in [6, 6.07) is 0.734. The van der Waals surface area contributed by atoms with E-state index in [9.17, 15) is 0 Å². The summed E-state index contributed by atoms with van der Waals surface area (Å²) in [5.74, 6) is 0.790. The van der Waals surface area contributed by atoms with Crippen molar-refractivity contribution in [1.29, 1.82) is 0 Å². The average Bonchev–Trinajstić information content (AvgIpc) is 3.08. The Morgan fingerprint density at radius 2 is 1.74 bits per heavy atom. The predicted octanol–water partition coefficient (Wildman–Crippen LogP) is 2.38. The lowest BCUT2D eigenvalue weighted by molar-refractivity contribution is 0.121. The third-order valence-corrected chi connectivity index (χ3v) is 5.20. The van der Waals surface area contributed by atoms with Crippen LogP contribution < -0.4 is 4.90 Å². The summed E-state index contributed by atoms with van der Waals surface area (Å²) >= 11 is 0. The number of nitrogens with zero attached hydrogens (tertiary/aromatic N) is 5. The van der Waals surface area contributed by atoms with Crippen LogP contribution in [0.2, 0.25) is 0 Å². The molecule has 1 aromatic rings. The fourth-order valence-electron chi connectivity index (χ4n) is 3.83. The highest BCUT2D eigenvalue weighted by atomic mass is 15.2. The molecule has 1 aromatic heterocycles. The highest BCUT2D eigenvalue weighted by Gasteiger charge is 2.23. The number of rotatable bonds is 6. The van der Waals surface area contributed by atoms with Crippen molar-refractivity contribution < 1.29 is 0 Å². The largest absolute Gasteiger partial charge is 0.347 e. The molecule has 5 heteroatoms. The summed E-state index contributed by atoms with van der Waals surface area (Å²) < 4.78 is 0. The Hall–Kier alpha value is -1.20. The van der Waals surface area contributed by atoms with Gasteiger partial charge in [0.2, 0.25) is 5.95 Å². The SMILES string of the molecule is CN(C)c1ncc(CN2CCCC[C@@H]2CCN2CCCC2)cn1. The van der Waals surface area contributed by atoms with E-state index in [4.69, 9.17) is 0 Å². The highest BCUT2D eigenvalue weighted by Crippen LogP contribution is 2.23. The van der Waals surface area contributed by atoms with E-state index in [-0.39, 0.29) is 0 Å². The minimum Gasteiger partial charge on any atom is -0.347 e. The normalized spacial score (nSPS) is 23.3. The van der Waals surface area contributed by atoms with Crippen LogP contribution in [-0.2, 0) is 6.54 Å². The molecule has 0 unspecified atom stereocenters. The first-order valence-electron chi connectivity index (χ1n) is 9.17. The first kappa shape index (κ1) is 16.7. The molecule has 0 N–H and O–H groups in total. The lowest BCUT2D eigenvalue weighted by atomic mass is 9.98. The molecule has 128 valence electrons. The molecule has 0 saturated carbocycles. The molecule has 0 amide bonds. The van der Waals surface area contributed by atoms with Crippen LogP contribution in [0.25, 0.3) is 0 Å². The van der Waals surface area contributed by atoms with Gasteiger partial charge in [0.15, 0.2) is 0 Å². The summed E-state index contributed by atoms with van der Waals surface area (Å²) in [7, 11) is 3.96. The van der Waals surface area contributed by atoms with E-state index in [1.807, 2.05) is 31.4 Å². The smallest absolute Gasteiger partial charge is 0.224 e. The topological polar surface area (TPSA) is 35.5 Å². The third-order valence-electron chi connectivity index (χ3n) is 5.20. The number of aromatic nitrogens is 2. The maximum atomic E-state index is 4.46. The number of hydrogen-bond donors (Lipinski definition) is 0. The zero-order chi connectivity index (χ0) is 16.1. The molecule has 1 atom stereocenters.